The summed E-state index contributed by atoms with van der Waals surface area (Å²) in [7, 11) is 0. The van der Waals surface area contributed by atoms with Crippen molar-refractivity contribution in [1.29, 1.82) is 0 Å². The number of rotatable bonds is 7. The van der Waals surface area contributed by atoms with Gasteiger partial charge in [-0.25, -0.2) is 0 Å². The Bertz CT molecular complexity index is 859. The van der Waals surface area contributed by atoms with Crippen molar-refractivity contribution in [2.24, 2.45) is 0 Å². The molecule has 2 amide bonds. The van der Waals surface area contributed by atoms with E-state index in [4.69, 9.17) is 9.47 Å². The van der Waals surface area contributed by atoms with Crippen molar-refractivity contribution in [3.63, 3.8) is 0 Å². The van der Waals surface area contributed by atoms with E-state index in [2.05, 4.69) is 12.2 Å². The first-order valence-corrected chi connectivity index (χ1v) is 9.55. The van der Waals surface area contributed by atoms with Gasteiger partial charge in [0.05, 0.1) is 5.69 Å². The number of ether oxygens (including phenoxy) is 2. The van der Waals surface area contributed by atoms with Crippen molar-refractivity contribution in [3.8, 4) is 11.5 Å². The quantitative estimate of drug-likeness (QED) is 0.790. The minimum absolute atomic E-state index is 0.0477. The van der Waals surface area contributed by atoms with E-state index in [1.165, 1.54) is 0 Å². The van der Waals surface area contributed by atoms with E-state index in [1.807, 2.05) is 32.0 Å². The third-order valence-corrected chi connectivity index (χ3v) is 4.68. The van der Waals surface area contributed by atoms with Crippen LogP contribution >= 0.6 is 0 Å². The monoisotopic (exact) mass is 382 g/mol. The predicted molar refractivity (Wildman–Crippen MR) is 109 cm³/mol. The van der Waals surface area contributed by atoms with E-state index < -0.39 is 0 Å². The third-order valence-electron chi connectivity index (χ3n) is 4.68. The minimum Gasteiger partial charge on any atom is -0.483 e. The maximum Gasteiger partial charge on any atom is 0.265 e. The van der Waals surface area contributed by atoms with Crippen LogP contribution in [0.15, 0.2) is 36.4 Å². The zero-order chi connectivity index (χ0) is 20.1. The van der Waals surface area contributed by atoms with Gasteiger partial charge < -0.3 is 19.7 Å². The molecule has 1 heterocycles. The molecule has 1 N–H and O–H groups in total. The number of benzene rings is 2. The molecule has 0 bridgehead atoms. The van der Waals surface area contributed by atoms with Crippen molar-refractivity contribution in [1.82, 2.24) is 0 Å². The van der Waals surface area contributed by atoms with Crippen LogP contribution in [0.1, 0.15) is 30.9 Å². The first kappa shape index (κ1) is 19.7. The maximum absolute atomic E-state index is 12.3. The molecule has 1 aliphatic heterocycles. The molecule has 0 saturated carbocycles. The SMILES string of the molecule is CCCCN1C(=O)COc2ccc(NC(=O)COc3c(C)cccc3C)cc21. The Balaban J connectivity index is 1.68. The number of carbonyl (C=O) groups excluding carboxylic acids is 2. The Kier molecular flexibility index (Phi) is 6.19. The molecule has 0 aromatic heterocycles. The summed E-state index contributed by atoms with van der Waals surface area (Å²) < 4.78 is 11.2. The summed E-state index contributed by atoms with van der Waals surface area (Å²) in [4.78, 5) is 26.3. The van der Waals surface area contributed by atoms with Crippen LogP contribution in [0, 0.1) is 13.8 Å². The average Bonchev–Trinajstić information content (AvgIpc) is 2.67. The molecule has 0 atom stereocenters. The lowest BCUT2D eigenvalue weighted by molar-refractivity contribution is -0.121. The van der Waals surface area contributed by atoms with Gasteiger partial charge in [0.1, 0.15) is 11.5 Å². The molecule has 2 aromatic carbocycles. The van der Waals surface area contributed by atoms with E-state index in [0.29, 0.717) is 23.7 Å². The molecule has 2 aromatic rings. The fourth-order valence-corrected chi connectivity index (χ4v) is 3.20. The number of aryl methyl sites for hydroxylation is 2. The molecule has 6 heteroatoms. The number of unbranched alkanes of at least 4 members (excludes halogenated alkanes) is 1. The van der Waals surface area contributed by atoms with E-state index >= 15 is 0 Å². The summed E-state index contributed by atoms with van der Waals surface area (Å²) in [5.41, 5.74) is 3.28. The topological polar surface area (TPSA) is 67.9 Å². The third kappa shape index (κ3) is 4.44. The van der Waals surface area contributed by atoms with Crippen LogP contribution in [-0.4, -0.2) is 31.6 Å². The van der Waals surface area contributed by atoms with Gasteiger partial charge in [0.15, 0.2) is 13.2 Å². The zero-order valence-electron chi connectivity index (χ0n) is 16.6. The van der Waals surface area contributed by atoms with Crippen LogP contribution in [0.4, 0.5) is 11.4 Å². The normalized spacial score (nSPS) is 13.0. The number of fused-ring (bicyclic) bond motifs is 1. The van der Waals surface area contributed by atoms with Gasteiger partial charge in [0.25, 0.3) is 11.8 Å². The van der Waals surface area contributed by atoms with Crippen molar-refractivity contribution in [2.45, 2.75) is 33.6 Å². The maximum atomic E-state index is 12.3. The molecule has 0 saturated heterocycles. The second kappa shape index (κ2) is 8.78. The lowest BCUT2D eigenvalue weighted by Gasteiger charge is -2.29. The highest BCUT2D eigenvalue weighted by Crippen LogP contribution is 2.34. The van der Waals surface area contributed by atoms with Crippen molar-refractivity contribution in [2.75, 3.05) is 30.0 Å². The Morgan fingerprint density at radius 2 is 1.96 bits per heavy atom. The standard InChI is InChI=1S/C22H26N2O4/c1-4-5-11-24-18-12-17(9-10-19(18)27-14-21(24)26)23-20(25)13-28-22-15(2)7-6-8-16(22)3/h6-10,12H,4-5,11,13-14H2,1-3H3,(H,23,25). The molecular formula is C22H26N2O4. The Labute approximate surface area is 165 Å². The Morgan fingerprint density at radius 3 is 2.68 bits per heavy atom. The van der Waals surface area contributed by atoms with Crippen LogP contribution in [0.2, 0.25) is 0 Å². The lowest BCUT2D eigenvalue weighted by Crippen LogP contribution is -2.39. The summed E-state index contributed by atoms with van der Waals surface area (Å²) in [6, 6.07) is 11.2. The number of amides is 2. The summed E-state index contributed by atoms with van der Waals surface area (Å²) in [6.07, 6.45) is 1.90. The van der Waals surface area contributed by atoms with Gasteiger partial charge in [-0.15, -0.1) is 0 Å². The first-order valence-electron chi connectivity index (χ1n) is 9.55. The molecule has 0 radical (unpaired) electrons. The zero-order valence-corrected chi connectivity index (χ0v) is 16.6. The van der Waals surface area contributed by atoms with Gasteiger partial charge in [0.2, 0.25) is 0 Å². The lowest BCUT2D eigenvalue weighted by atomic mass is 10.1. The molecule has 0 aliphatic carbocycles. The number of nitrogens with one attached hydrogen (secondary N) is 1. The molecule has 1 aliphatic rings. The molecule has 0 unspecified atom stereocenters. The van der Waals surface area contributed by atoms with E-state index in [0.717, 1.165) is 29.7 Å². The Morgan fingerprint density at radius 1 is 1.21 bits per heavy atom. The summed E-state index contributed by atoms with van der Waals surface area (Å²) in [5.74, 6) is 1.06. The number of para-hydroxylation sites is 1. The fraction of sp³-hybridized carbons (Fsp3) is 0.364. The van der Waals surface area contributed by atoms with Gasteiger partial charge in [-0.3, -0.25) is 9.59 Å². The highest BCUT2D eigenvalue weighted by atomic mass is 16.5. The molecule has 0 spiro atoms. The number of hydrogen-bond acceptors (Lipinski definition) is 4. The van der Waals surface area contributed by atoms with Gasteiger partial charge in [-0.05, 0) is 49.6 Å². The van der Waals surface area contributed by atoms with E-state index in [9.17, 15) is 9.59 Å². The second-order valence-corrected chi connectivity index (χ2v) is 6.93. The van der Waals surface area contributed by atoms with Crippen LogP contribution in [0.3, 0.4) is 0 Å². The van der Waals surface area contributed by atoms with Crippen molar-refractivity contribution < 1.29 is 19.1 Å². The number of carbonyl (C=O) groups is 2. The smallest absolute Gasteiger partial charge is 0.265 e. The number of nitrogens with zero attached hydrogens (tertiary/aromatic N) is 1. The molecule has 3 rings (SSSR count). The van der Waals surface area contributed by atoms with E-state index in [-0.39, 0.29) is 25.0 Å². The highest BCUT2D eigenvalue weighted by molar-refractivity contribution is 5.99. The number of hydrogen-bond donors (Lipinski definition) is 1. The average molecular weight is 382 g/mol. The summed E-state index contributed by atoms with van der Waals surface area (Å²) >= 11 is 0. The Hall–Kier alpha value is -3.02. The minimum atomic E-state index is -0.259. The molecule has 148 valence electrons. The molecular weight excluding hydrogens is 356 g/mol. The molecule has 6 nitrogen and oxygen atoms in total. The number of anilines is 2. The van der Waals surface area contributed by atoms with Crippen LogP contribution in [0.25, 0.3) is 0 Å². The highest BCUT2D eigenvalue weighted by Gasteiger charge is 2.25. The van der Waals surface area contributed by atoms with Gasteiger partial charge >= 0.3 is 0 Å². The first-order chi connectivity index (χ1) is 13.5. The van der Waals surface area contributed by atoms with E-state index in [1.54, 1.807) is 23.1 Å². The van der Waals surface area contributed by atoms with Crippen LogP contribution < -0.4 is 19.7 Å². The fourth-order valence-electron chi connectivity index (χ4n) is 3.20. The molecule has 28 heavy (non-hydrogen) atoms. The van der Waals surface area contributed by atoms with Gasteiger partial charge in [0, 0.05) is 12.2 Å². The van der Waals surface area contributed by atoms with Crippen molar-refractivity contribution >= 4 is 23.2 Å². The largest absolute Gasteiger partial charge is 0.483 e. The predicted octanol–water partition coefficient (Wildman–Crippen LogP) is 3.85. The van der Waals surface area contributed by atoms with Gasteiger partial charge in [-0.1, -0.05) is 31.5 Å². The van der Waals surface area contributed by atoms with Crippen LogP contribution in [-0.2, 0) is 9.59 Å². The summed E-state index contributed by atoms with van der Waals surface area (Å²) in [5, 5.41) is 2.84. The summed E-state index contributed by atoms with van der Waals surface area (Å²) in [6.45, 7) is 6.58. The van der Waals surface area contributed by atoms with Crippen LogP contribution in [0.5, 0.6) is 11.5 Å². The second-order valence-electron chi connectivity index (χ2n) is 6.93. The molecule has 0 fully saturated rings. The van der Waals surface area contributed by atoms with Crippen molar-refractivity contribution in [3.05, 3.63) is 47.5 Å². The van der Waals surface area contributed by atoms with Gasteiger partial charge in [-0.2, -0.15) is 0 Å².